The summed E-state index contributed by atoms with van der Waals surface area (Å²) in [6.45, 7) is 0.202. The first-order valence-electron chi connectivity index (χ1n) is 12.0. The highest BCUT2D eigenvalue weighted by molar-refractivity contribution is 9.09. The number of hydrogen-bond acceptors (Lipinski definition) is 5. The van der Waals surface area contributed by atoms with Gasteiger partial charge in [-0.15, -0.1) is 0 Å². The van der Waals surface area contributed by atoms with Crippen molar-refractivity contribution in [2.75, 3.05) is 11.9 Å². The number of rotatable bonds is 11. The molecule has 0 saturated heterocycles. The standard InChI is InChI=1S/C15H12BrFO2.C15H12FN3O2/c16-9-14(18)12-6-7-15(13(17)8-12)19-10-11-4-2-1-3-5-11;16-13-8-12(14(20)9-18-19-17)6-7-15(13)21-10-11-4-2-1-3-5-11/h1-8H,9-10H2;1-8H,9-10H2. The van der Waals surface area contributed by atoms with Crippen molar-refractivity contribution in [3.05, 3.63) is 141 Å². The van der Waals surface area contributed by atoms with Gasteiger partial charge in [-0.05, 0) is 53.1 Å². The maximum absolute atomic E-state index is 13.9. The molecule has 0 N–H and O–H groups in total. The van der Waals surface area contributed by atoms with Gasteiger partial charge in [-0.3, -0.25) is 9.59 Å². The molecule has 7 nitrogen and oxygen atoms in total. The highest BCUT2D eigenvalue weighted by Crippen LogP contribution is 2.21. The molecule has 0 aliphatic carbocycles. The summed E-state index contributed by atoms with van der Waals surface area (Å²) in [4.78, 5) is 25.5. The van der Waals surface area contributed by atoms with Crippen molar-refractivity contribution >= 4 is 27.5 Å². The predicted octanol–water partition coefficient (Wildman–Crippen LogP) is 7.88. The van der Waals surface area contributed by atoms with E-state index in [1.54, 1.807) is 6.07 Å². The molecule has 0 saturated carbocycles. The lowest BCUT2D eigenvalue weighted by Crippen LogP contribution is -2.04. The Morgan fingerprint density at radius 3 is 1.57 bits per heavy atom. The molecule has 4 aromatic carbocycles. The summed E-state index contributed by atoms with van der Waals surface area (Å²) in [5.74, 6) is -1.54. The molecular formula is C30H24BrF2N3O4. The molecule has 0 fully saturated rings. The molecule has 4 rings (SSSR count). The van der Waals surface area contributed by atoms with E-state index in [2.05, 4.69) is 26.0 Å². The fraction of sp³-hybridized carbons (Fsp3) is 0.133. The van der Waals surface area contributed by atoms with Gasteiger partial charge in [0.15, 0.2) is 34.7 Å². The first kappa shape index (κ1) is 30.0. The van der Waals surface area contributed by atoms with E-state index in [0.29, 0.717) is 12.2 Å². The van der Waals surface area contributed by atoms with Gasteiger partial charge in [0.2, 0.25) is 0 Å². The summed E-state index contributed by atoms with van der Waals surface area (Å²) in [6, 6.07) is 27.0. The maximum atomic E-state index is 13.9. The van der Waals surface area contributed by atoms with Crippen LogP contribution in [0.2, 0.25) is 0 Å². The fourth-order valence-corrected chi connectivity index (χ4v) is 3.64. The van der Waals surface area contributed by atoms with Gasteiger partial charge in [0.25, 0.3) is 0 Å². The van der Waals surface area contributed by atoms with Crippen molar-refractivity contribution < 1.29 is 27.8 Å². The maximum Gasteiger partial charge on any atom is 0.173 e. The first-order chi connectivity index (χ1) is 19.4. The van der Waals surface area contributed by atoms with Crippen LogP contribution in [0, 0.1) is 11.6 Å². The minimum atomic E-state index is -0.627. The monoisotopic (exact) mass is 607 g/mol. The van der Waals surface area contributed by atoms with Crippen LogP contribution < -0.4 is 9.47 Å². The number of Topliss-reactive ketones (excluding diaryl/α,β-unsaturated/α-hetero) is 2. The number of azide groups is 1. The van der Waals surface area contributed by atoms with Crippen LogP contribution in [0.5, 0.6) is 11.5 Å². The van der Waals surface area contributed by atoms with E-state index < -0.39 is 17.4 Å². The second-order valence-corrected chi connectivity index (χ2v) is 8.77. The molecule has 40 heavy (non-hydrogen) atoms. The molecule has 0 aromatic heterocycles. The van der Waals surface area contributed by atoms with Gasteiger partial charge in [0.05, 0.1) is 11.9 Å². The number of benzene rings is 4. The molecule has 0 aliphatic rings. The van der Waals surface area contributed by atoms with Crippen LogP contribution in [0.1, 0.15) is 31.8 Å². The van der Waals surface area contributed by atoms with Crippen LogP contribution in [0.25, 0.3) is 10.4 Å². The zero-order valence-electron chi connectivity index (χ0n) is 21.2. The summed E-state index contributed by atoms with van der Waals surface area (Å²) >= 11 is 3.05. The zero-order chi connectivity index (χ0) is 28.7. The Morgan fingerprint density at radius 2 is 1.18 bits per heavy atom. The smallest absolute Gasteiger partial charge is 0.173 e. The average molecular weight is 608 g/mol. The minimum Gasteiger partial charge on any atom is -0.486 e. The van der Waals surface area contributed by atoms with E-state index in [0.717, 1.165) is 17.2 Å². The summed E-state index contributed by atoms with van der Waals surface area (Å²) in [5.41, 5.74) is 10.5. The second-order valence-electron chi connectivity index (χ2n) is 8.21. The summed E-state index contributed by atoms with van der Waals surface area (Å²) in [6.07, 6.45) is 0. The van der Waals surface area contributed by atoms with Gasteiger partial charge in [0, 0.05) is 16.0 Å². The Balaban J connectivity index is 0.000000222. The molecule has 0 bridgehead atoms. The number of carbonyl (C=O) groups excluding carboxylic acids is 2. The lowest BCUT2D eigenvalue weighted by molar-refractivity contribution is 0.0998. The van der Waals surface area contributed by atoms with E-state index in [1.807, 2.05) is 60.7 Å². The molecule has 0 aliphatic heterocycles. The van der Waals surface area contributed by atoms with Gasteiger partial charge < -0.3 is 9.47 Å². The number of hydrogen-bond donors (Lipinski definition) is 0. The van der Waals surface area contributed by atoms with E-state index in [4.69, 9.17) is 15.0 Å². The van der Waals surface area contributed by atoms with Crippen LogP contribution in [0.3, 0.4) is 0 Å². The van der Waals surface area contributed by atoms with Crippen LogP contribution in [-0.2, 0) is 13.2 Å². The Bertz CT molecular complexity index is 1480. The summed E-state index contributed by atoms with van der Waals surface area (Å²) < 4.78 is 38.4. The number of alkyl halides is 1. The molecule has 0 amide bonds. The normalized spacial score (nSPS) is 9.97. The van der Waals surface area contributed by atoms with E-state index in [-0.39, 0.29) is 41.3 Å². The molecule has 0 radical (unpaired) electrons. The van der Waals surface area contributed by atoms with Crippen LogP contribution in [-0.4, -0.2) is 23.4 Å². The number of nitrogens with zero attached hydrogens (tertiary/aromatic N) is 3. The van der Waals surface area contributed by atoms with E-state index in [1.165, 1.54) is 24.3 Å². The van der Waals surface area contributed by atoms with Crippen molar-refractivity contribution in [3.8, 4) is 11.5 Å². The van der Waals surface area contributed by atoms with Crippen molar-refractivity contribution in [2.45, 2.75) is 13.2 Å². The average Bonchev–Trinajstić information content (AvgIpc) is 2.99. The molecular weight excluding hydrogens is 584 g/mol. The summed E-state index contributed by atoms with van der Waals surface area (Å²) in [5, 5.41) is 3.33. The van der Waals surface area contributed by atoms with Gasteiger partial charge in [-0.1, -0.05) is 81.7 Å². The highest BCUT2D eigenvalue weighted by Gasteiger charge is 2.11. The minimum absolute atomic E-state index is 0.0687. The van der Waals surface area contributed by atoms with Gasteiger partial charge in [-0.2, -0.15) is 0 Å². The number of ketones is 2. The van der Waals surface area contributed by atoms with Crippen LogP contribution >= 0.6 is 15.9 Å². The summed E-state index contributed by atoms with van der Waals surface area (Å²) in [7, 11) is 0. The Kier molecular flexibility index (Phi) is 11.8. The van der Waals surface area contributed by atoms with Crippen LogP contribution in [0.4, 0.5) is 8.78 Å². The van der Waals surface area contributed by atoms with Crippen molar-refractivity contribution in [1.82, 2.24) is 0 Å². The second kappa shape index (κ2) is 15.8. The molecule has 0 spiro atoms. The Morgan fingerprint density at radius 1 is 0.725 bits per heavy atom. The fourth-order valence-electron chi connectivity index (χ4n) is 3.32. The van der Waals surface area contributed by atoms with Gasteiger partial charge >= 0.3 is 0 Å². The third-order valence-electron chi connectivity index (χ3n) is 5.38. The lowest BCUT2D eigenvalue weighted by atomic mass is 10.1. The molecule has 204 valence electrons. The van der Waals surface area contributed by atoms with Crippen LogP contribution in [0.15, 0.2) is 102 Å². The van der Waals surface area contributed by atoms with Crippen molar-refractivity contribution in [2.24, 2.45) is 5.11 Å². The Labute approximate surface area is 238 Å². The Hall–Kier alpha value is -4.53. The molecule has 4 aromatic rings. The van der Waals surface area contributed by atoms with E-state index in [9.17, 15) is 18.4 Å². The lowest BCUT2D eigenvalue weighted by Gasteiger charge is -2.08. The van der Waals surface area contributed by atoms with Gasteiger partial charge in [0.1, 0.15) is 13.2 Å². The third-order valence-corrected chi connectivity index (χ3v) is 5.89. The predicted molar refractivity (Wildman–Crippen MR) is 151 cm³/mol. The number of carbonyl (C=O) groups is 2. The SMILES string of the molecule is O=C(CBr)c1ccc(OCc2ccccc2)c(F)c1.[N-]=[N+]=NCC(=O)c1ccc(OCc2ccccc2)c(F)c1. The topological polar surface area (TPSA) is 101 Å². The molecule has 10 heteroatoms. The third kappa shape index (κ3) is 9.34. The number of halogens is 3. The molecule has 0 atom stereocenters. The largest absolute Gasteiger partial charge is 0.486 e. The van der Waals surface area contributed by atoms with Crippen molar-refractivity contribution in [1.29, 1.82) is 0 Å². The molecule has 0 heterocycles. The highest BCUT2D eigenvalue weighted by atomic mass is 79.9. The zero-order valence-corrected chi connectivity index (χ0v) is 22.8. The van der Waals surface area contributed by atoms with E-state index >= 15 is 0 Å². The first-order valence-corrected chi connectivity index (χ1v) is 13.1. The van der Waals surface area contributed by atoms with Crippen molar-refractivity contribution in [3.63, 3.8) is 0 Å². The quantitative estimate of drug-likeness (QED) is 0.0568. The van der Waals surface area contributed by atoms with Gasteiger partial charge in [-0.25, -0.2) is 8.78 Å². The molecule has 0 unspecified atom stereocenters. The number of ether oxygens (including phenoxy) is 2.